The fraction of sp³-hybridized carbons (Fsp3) is 0.333. The average molecular weight is 633 g/mol. The van der Waals surface area contributed by atoms with Crippen LogP contribution in [0.1, 0.15) is 75.1 Å². The van der Waals surface area contributed by atoms with Gasteiger partial charge in [-0.1, -0.05) is 85.8 Å². The van der Waals surface area contributed by atoms with E-state index in [0.29, 0.717) is 11.1 Å². The molecule has 242 valence electrons. The van der Waals surface area contributed by atoms with Gasteiger partial charge in [-0.2, -0.15) is 0 Å². The first-order valence-corrected chi connectivity index (χ1v) is 16.4. The zero-order valence-electron chi connectivity index (χ0n) is 26.5. The predicted octanol–water partition coefficient (Wildman–Crippen LogP) is 5.89. The van der Waals surface area contributed by atoms with E-state index in [-0.39, 0.29) is 55.7 Å². The third-order valence-electron chi connectivity index (χ3n) is 9.91. The maximum atomic E-state index is 12.9. The number of carbonyl (C=O) groups excluding carboxylic acids is 2. The first-order valence-electron chi connectivity index (χ1n) is 16.4. The van der Waals surface area contributed by atoms with Gasteiger partial charge in [0.25, 0.3) is 11.8 Å². The zero-order chi connectivity index (χ0) is 32.5. The van der Waals surface area contributed by atoms with E-state index in [1.807, 2.05) is 72.8 Å². The number of ether oxygens (including phenoxy) is 2. The van der Waals surface area contributed by atoms with Crippen molar-refractivity contribution < 1.29 is 29.3 Å². The van der Waals surface area contributed by atoms with Crippen molar-refractivity contribution in [3.63, 3.8) is 0 Å². The number of aliphatic hydroxyl groups excluding tert-OH is 2. The van der Waals surface area contributed by atoms with Crippen molar-refractivity contribution in [2.45, 2.75) is 57.5 Å². The van der Waals surface area contributed by atoms with Gasteiger partial charge in [-0.05, 0) is 65.4 Å². The second-order valence-corrected chi connectivity index (χ2v) is 12.9. The van der Waals surface area contributed by atoms with Gasteiger partial charge in [0.15, 0.2) is 6.29 Å². The molecule has 0 aliphatic carbocycles. The van der Waals surface area contributed by atoms with Crippen LogP contribution >= 0.6 is 0 Å². The summed E-state index contributed by atoms with van der Waals surface area (Å²) in [4.78, 5) is 29.5. The predicted molar refractivity (Wildman–Crippen MR) is 177 cm³/mol. The lowest BCUT2D eigenvalue weighted by Gasteiger charge is -2.43. The van der Waals surface area contributed by atoms with Crippen LogP contribution in [-0.4, -0.2) is 63.7 Å². The summed E-state index contributed by atoms with van der Waals surface area (Å²) in [6.45, 7) is 4.17. The molecule has 0 bridgehead atoms. The summed E-state index contributed by atoms with van der Waals surface area (Å²) in [7, 11) is 0. The largest absolute Gasteiger partial charge is 0.395 e. The molecule has 3 heterocycles. The highest BCUT2D eigenvalue weighted by Crippen LogP contribution is 2.42. The second-order valence-electron chi connectivity index (χ2n) is 12.9. The first-order chi connectivity index (χ1) is 22.9. The number of hydrogen-bond acceptors (Lipinski definition) is 7. The van der Waals surface area contributed by atoms with E-state index in [2.05, 4.69) is 11.8 Å². The van der Waals surface area contributed by atoms with Crippen LogP contribution in [0.25, 0.3) is 11.1 Å². The number of amides is 2. The molecule has 2 amide bonds. The molecule has 5 atom stereocenters. The molecule has 47 heavy (non-hydrogen) atoms. The van der Waals surface area contributed by atoms with Crippen molar-refractivity contribution in [2.75, 3.05) is 19.7 Å². The molecule has 7 rings (SSSR count). The molecule has 0 spiro atoms. The number of nitrogens with zero attached hydrogens (tertiary/aromatic N) is 2. The fourth-order valence-electron chi connectivity index (χ4n) is 7.15. The minimum Gasteiger partial charge on any atom is -0.395 e. The third-order valence-corrected chi connectivity index (χ3v) is 9.91. The lowest BCUT2D eigenvalue weighted by molar-refractivity contribution is -0.276. The van der Waals surface area contributed by atoms with Gasteiger partial charge in [0.05, 0.1) is 43.1 Å². The molecule has 0 saturated carbocycles. The molecule has 3 aliphatic rings. The second kappa shape index (κ2) is 13.5. The molecule has 4 aromatic carbocycles. The summed E-state index contributed by atoms with van der Waals surface area (Å²) in [5, 5.41) is 19.5. The monoisotopic (exact) mass is 632 g/mol. The molecule has 8 heteroatoms. The molecule has 0 unspecified atom stereocenters. The number of imide groups is 1. The molecule has 2 fully saturated rings. The van der Waals surface area contributed by atoms with Crippen LogP contribution in [0.15, 0.2) is 97.1 Å². The molecule has 2 saturated heterocycles. The number of fused-ring (bicyclic) bond motifs is 1. The van der Waals surface area contributed by atoms with E-state index in [1.54, 1.807) is 24.3 Å². The third kappa shape index (κ3) is 6.27. The SMILES string of the molecule is C[C@H]1[C@@H](CN2CCC[C@H]2CO)O[C@@H](c2ccc(-c3cccc(CN4C(=O)c5ccccc5C4=O)c3)cc2)O[C@H]1c1ccc(CO)cc1. The van der Waals surface area contributed by atoms with Gasteiger partial charge in [-0.3, -0.25) is 19.4 Å². The number of hydrogen-bond donors (Lipinski definition) is 2. The summed E-state index contributed by atoms with van der Waals surface area (Å²) in [5.74, 6) is -0.463. The van der Waals surface area contributed by atoms with Crippen LogP contribution < -0.4 is 0 Å². The molecule has 4 aromatic rings. The van der Waals surface area contributed by atoms with Gasteiger partial charge in [0.1, 0.15) is 0 Å². The van der Waals surface area contributed by atoms with Gasteiger partial charge in [0, 0.05) is 24.1 Å². The normalized spacial score (nSPS) is 24.6. The number of likely N-dealkylation sites (tertiary alicyclic amines) is 1. The Morgan fingerprint density at radius 1 is 0.766 bits per heavy atom. The topological polar surface area (TPSA) is 99.5 Å². The molecule has 0 aromatic heterocycles. The van der Waals surface area contributed by atoms with Crippen molar-refractivity contribution >= 4 is 11.8 Å². The van der Waals surface area contributed by atoms with Gasteiger partial charge in [0.2, 0.25) is 0 Å². The summed E-state index contributed by atoms with van der Waals surface area (Å²) in [5.41, 5.74) is 6.55. The van der Waals surface area contributed by atoms with Crippen LogP contribution in [0.4, 0.5) is 0 Å². The van der Waals surface area contributed by atoms with E-state index in [0.717, 1.165) is 59.3 Å². The van der Waals surface area contributed by atoms with Crippen LogP contribution in [0.5, 0.6) is 0 Å². The van der Waals surface area contributed by atoms with E-state index in [4.69, 9.17) is 9.47 Å². The summed E-state index contributed by atoms with van der Waals surface area (Å²) in [6, 6.07) is 31.1. The molecule has 0 radical (unpaired) electrons. The highest BCUT2D eigenvalue weighted by molar-refractivity contribution is 6.21. The van der Waals surface area contributed by atoms with Crippen LogP contribution in [0.2, 0.25) is 0 Å². The minimum absolute atomic E-state index is 0.00868. The van der Waals surface area contributed by atoms with Gasteiger partial charge < -0.3 is 19.7 Å². The van der Waals surface area contributed by atoms with E-state index in [1.165, 1.54) is 4.90 Å². The zero-order valence-corrected chi connectivity index (χ0v) is 26.5. The van der Waals surface area contributed by atoms with Crippen molar-refractivity contribution in [3.05, 3.63) is 130 Å². The summed E-state index contributed by atoms with van der Waals surface area (Å²) in [6.07, 6.45) is 1.16. The average Bonchev–Trinajstić information content (AvgIpc) is 3.67. The molecule has 8 nitrogen and oxygen atoms in total. The molecular weight excluding hydrogens is 592 g/mol. The Morgan fingerprint density at radius 3 is 2.15 bits per heavy atom. The van der Waals surface area contributed by atoms with Crippen molar-refractivity contribution in [1.82, 2.24) is 9.80 Å². The van der Waals surface area contributed by atoms with Gasteiger partial charge in [-0.25, -0.2) is 0 Å². The lowest BCUT2D eigenvalue weighted by Crippen LogP contribution is -2.46. The number of rotatable bonds is 9. The van der Waals surface area contributed by atoms with Crippen molar-refractivity contribution in [3.8, 4) is 11.1 Å². The van der Waals surface area contributed by atoms with Gasteiger partial charge >= 0.3 is 0 Å². The quantitative estimate of drug-likeness (QED) is 0.222. The number of carbonyl (C=O) groups is 2. The van der Waals surface area contributed by atoms with Crippen molar-refractivity contribution in [1.29, 1.82) is 0 Å². The Morgan fingerprint density at radius 2 is 1.47 bits per heavy atom. The summed E-state index contributed by atoms with van der Waals surface area (Å²) < 4.78 is 13.3. The Kier molecular flexibility index (Phi) is 9.03. The van der Waals surface area contributed by atoms with Crippen LogP contribution in [0.3, 0.4) is 0 Å². The van der Waals surface area contributed by atoms with Crippen LogP contribution in [-0.2, 0) is 22.6 Å². The van der Waals surface area contributed by atoms with E-state index in [9.17, 15) is 19.8 Å². The summed E-state index contributed by atoms with van der Waals surface area (Å²) >= 11 is 0. The number of aliphatic hydroxyl groups is 2. The van der Waals surface area contributed by atoms with E-state index >= 15 is 0 Å². The van der Waals surface area contributed by atoms with Gasteiger partial charge in [-0.15, -0.1) is 0 Å². The first kappa shape index (κ1) is 31.4. The highest BCUT2D eigenvalue weighted by Gasteiger charge is 2.40. The standard InChI is InChI=1S/C39H40N2O6/c1-25-35(22-40-19-5-8-32(40)24-43)46-39(47-36(25)29-13-11-26(23-42)12-14-29)30-17-15-28(16-18-30)31-7-4-6-27(20-31)21-41-37(44)33-9-2-3-10-34(33)38(41)45/h2-4,6-7,9-18,20,25,32,35-36,39,42-43H,5,8,19,21-24H2,1H3/t25-,32-,35+,36+,39+/m0/s1. The van der Waals surface area contributed by atoms with Crippen molar-refractivity contribution in [2.24, 2.45) is 5.92 Å². The fourth-order valence-corrected chi connectivity index (χ4v) is 7.15. The molecule has 3 aliphatic heterocycles. The van der Waals surface area contributed by atoms with E-state index < -0.39 is 6.29 Å². The Balaban J connectivity index is 1.10. The smallest absolute Gasteiger partial charge is 0.261 e. The maximum Gasteiger partial charge on any atom is 0.261 e. The maximum absolute atomic E-state index is 12.9. The number of benzene rings is 4. The minimum atomic E-state index is -0.580. The van der Waals surface area contributed by atoms with Crippen LogP contribution in [0, 0.1) is 5.92 Å². The lowest BCUT2D eigenvalue weighted by atomic mass is 9.89. The molecular formula is C39H40N2O6. The highest BCUT2D eigenvalue weighted by atomic mass is 16.7. The molecule has 2 N–H and O–H groups in total. The Bertz CT molecular complexity index is 1700. The Labute approximate surface area is 275 Å². The Hall–Kier alpha value is -4.18.